The molecule has 1 heterocycles. The number of carbonyl (C=O) groups excluding carboxylic acids is 1. The third-order valence-electron chi connectivity index (χ3n) is 6.68. The van der Waals surface area contributed by atoms with E-state index in [2.05, 4.69) is 17.1 Å². The van der Waals surface area contributed by atoms with Crippen molar-refractivity contribution in [3.05, 3.63) is 0 Å². The number of hydrogen-bond donors (Lipinski definition) is 1. The van der Waals surface area contributed by atoms with E-state index in [0.717, 1.165) is 64.6 Å². The molecule has 178 valence electrons. The van der Waals surface area contributed by atoms with E-state index in [1.807, 2.05) is 25.7 Å². The van der Waals surface area contributed by atoms with Crippen LogP contribution in [0.15, 0.2) is 4.99 Å². The topological polar surface area (TPSA) is 66.4 Å². The molecule has 0 spiro atoms. The summed E-state index contributed by atoms with van der Waals surface area (Å²) < 4.78 is 11.0. The lowest BCUT2D eigenvalue weighted by Gasteiger charge is -2.40. The molecule has 0 aromatic heterocycles. The minimum atomic E-state index is -0.452. The molecule has 0 aromatic rings. The molecule has 3 fully saturated rings. The molecule has 1 N–H and O–H groups in total. The maximum Gasteiger partial charge on any atom is 0.410 e. The highest BCUT2D eigenvalue weighted by atomic mass is 16.6. The molecule has 2 saturated carbocycles. The van der Waals surface area contributed by atoms with E-state index in [1.165, 1.54) is 25.7 Å². The molecule has 1 aliphatic heterocycles. The van der Waals surface area contributed by atoms with Crippen LogP contribution in [0.4, 0.5) is 4.79 Å². The molecule has 31 heavy (non-hydrogen) atoms. The highest BCUT2D eigenvalue weighted by Gasteiger charge is 2.42. The van der Waals surface area contributed by atoms with E-state index in [0.29, 0.717) is 11.3 Å². The van der Waals surface area contributed by atoms with Gasteiger partial charge in [0, 0.05) is 52.5 Å². The van der Waals surface area contributed by atoms with Crippen molar-refractivity contribution in [1.82, 2.24) is 15.1 Å². The highest BCUT2D eigenvalue weighted by Crippen LogP contribution is 2.49. The quantitative estimate of drug-likeness (QED) is 0.439. The Balaban J connectivity index is 1.57. The SMILES string of the molecule is CCNC(=NCC1(CCOC)CC1)N1CCC(N(CC2CC2)C(=O)OC(C)(C)C)CC1. The third-order valence-corrected chi connectivity index (χ3v) is 6.68. The van der Waals surface area contributed by atoms with Crippen LogP contribution in [0.25, 0.3) is 0 Å². The fourth-order valence-corrected chi connectivity index (χ4v) is 4.31. The number of aliphatic imine (C=N–C) groups is 1. The number of hydrogen-bond acceptors (Lipinski definition) is 4. The van der Waals surface area contributed by atoms with Crippen LogP contribution in [-0.4, -0.2) is 79.9 Å². The molecule has 0 aromatic carbocycles. The Morgan fingerprint density at radius 1 is 1.19 bits per heavy atom. The fourth-order valence-electron chi connectivity index (χ4n) is 4.31. The van der Waals surface area contributed by atoms with E-state index < -0.39 is 5.60 Å². The minimum Gasteiger partial charge on any atom is -0.444 e. The van der Waals surface area contributed by atoms with Crippen LogP contribution in [0.3, 0.4) is 0 Å². The van der Waals surface area contributed by atoms with Gasteiger partial charge in [0.1, 0.15) is 5.60 Å². The van der Waals surface area contributed by atoms with Crippen LogP contribution in [0.5, 0.6) is 0 Å². The van der Waals surface area contributed by atoms with E-state index in [1.54, 1.807) is 7.11 Å². The number of nitrogens with zero attached hydrogens (tertiary/aromatic N) is 3. The summed E-state index contributed by atoms with van der Waals surface area (Å²) in [6, 6.07) is 0.256. The summed E-state index contributed by atoms with van der Waals surface area (Å²) in [4.78, 5) is 22.3. The molecular formula is C24H44N4O3. The van der Waals surface area contributed by atoms with Crippen LogP contribution in [-0.2, 0) is 9.47 Å². The van der Waals surface area contributed by atoms with Crippen molar-refractivity contribution < 1.29 is 14.3 Å². The highest BCUT2D eigenvalue weighted by molar-refractivity contribution is 5.80. The molecule has 1 saturated heterocycles. The summed E-state index contributed by atoms with van der Waals surface area (Å²) in [6.45, 7) is 13.2. The molecule has 0 bridgehead atoms. The summed E-state index contributed by atoms with van der Waals surface area (Å²) in [6.07, 6.45) is 7.87. The lowest BCUT2D eigenvalue weighted by atomic mass is 10.0. The van der Waals surface area contributed by atoms with Crippen LogP contribution < -0.4 is 5.32 Å². The summed E-state index contributed by atoms with van der Waals surface area (Å²) in [5, 5.41) is 3.49. The van der Waals surface area contributed by atoms with Crippen LogP contribution in [0, 0.1) is 11.3 Å². The number of ether oxygens (including phenoxy) is 2. The normalized spacial score (nSPS) is 21.7. The van der Waals surface area contributed by atoms with Crippen LogP contribution in [0.2, 0.25) is 0 Å². The zero-order chi connectivity index (χ0) is 22.5. The molecular weight excluding hydrogens is 392 g/mol. The monoisotopic (exact) mass is 436 g/mol. The Bertz CT molecular complexity index is 615. The first-order valence-corrected chi connectivity index (χ1v) is 12.3. The first kappa shape index (κ1) is 24.1. The molecule has 2 aliphatic carbocycles. The van der Waals surface area contributed by atoms with E-state index in [9.17, 15) is 4.79 Å². The number of carbonyl (C=O) groups is 1. The first-order chi connectivity index (χ1) is 14.8. The van der Waals surface area contributed by atoms with Crippen LogP contribution in [0.1, 0.15) is 72.6 Å². The molecule has 7 nitrogen and oxygen atoms in total. The van der Waals surface area contributed by atoms with Crippen molar-refractivity contribution in [2.24, 2.45) is 16.3 Å². The Hall–Kier alpha value is -1.50. The zero-order valence-electron chi connectivity index (χ0n) is 20.4. The van der Waals surface area contributed by atoms with E-state index in [-0.39, 0.29) is 12.1 Å². The fraction of sp³-hybridized carbons (Fsp3) is 0.917. The molecule has 3 aliphatic rings. The molecule has 7 heteroatoms. The van der Waals surface area contributed by atoms with Crippen molar-refractivity contribution >= 4 is 12.1 Å². The van der Waals surface area contributed by atoms with Crippen molar-refractivity contribution in [2.75, 3.05) is 46.4 Å². The molecule has 0 atom stereocenters. The second kappa shape index (κ2) is 10.4. The summed E-state index contributed by atoms with van der Waals surface area (Å²) >= 11 is 0. The number of likely N-dealkylation sites (tertiary alicyclic amines) is 1. The van der Waals surface area contributed by atoms with Gasteiger partial charge in [0.05, 0.1) is 0 Å². The lowest BCUT2D eigenvalue weighted by molar-refractivity contribution is 0.00928. The van der Waals surface area contributed by atoms with Crippen molar-refractivity contribution in [3.63, 3.8) is 0 Å². The maximum absolute atomic E-state index is 12.9. The minimum absolute atomic E-state index is 0.146. The van der Waals surface area contributed by atoms with E-state index >= 15 is 0 Å². The number of nitrogens with one attached hydrogen (secondary N) is 1. The van der Waals surface area contributed by atoms with Crippen molar-refractivity contribution in [3.8, 4) is 0 Å². The predicted molar refractivity (Wildman–Crippen MR) is 124 cm³/mol. The second-order valence-electron chi connectivity index (χ2n) is 10.7. The zero-order valence-corrected chi connectivity index (χ0v) is 20.4. The van der Waals surface area contributed by atoms with Gasteiger partial charge in [-0.15, -0.1) is 0 Å². The Labute approximate surface area is 188 Å². The van der Waals surface area contributed by atoms with Crippen molar-refractivity contribution in [2.45, 2.75) is 84.3 Å². The molecule has 3 rings (SSSR count). The van der Waals surface area contributed by atoms with E-state index in [4.69, 9.17) is 14.5 Å². The molecule has 1 amide bonds. The molecule has 0 unspecified atom stereocenters. The van der Waals surface area contributed by atoms with Gasteiger partial charge in [-0.1, -0.05) is 0 Å². The van der Waals surface area contributed by atoms with Gasteiger partial charge in [-0.3, -0.25) is 4.99 Å². The number of rotatable bonds is 9. The second-order valence-corrected chi connectivity index (χ2v) is 10.7. The Morgan fingerprint density at radius 3 is 2.39 bits per heavy atom. The smallest absolute Gasteiger partial charge is 0.410 e. The average molecular weight is 437 g/mol. The maximum atomic E-state index is 12.9. The van der Waals surface area contributed by atoms with Gasteiger partial charge in [0.15, 0.2) is 5.96 Å². The van der Waals surface area contributed by atoms with Gasteiger partial charge in [0.25, 0.3) is 0 Å². The number of amides is 1. The third kappa shape index (κ3) is 7.55. The summed E-state index contributed by atoms with van der Waals surface area (Å²) in [5.41, 5.74) is -0.0984. The van der Waals surface area contributed by atoms with Gasteiger partial charge >= 0.3 is 6.09 Å². The van der Waals surface area contributed by atoms with Gasteiger partial charge < -0.3 is 24.6 Å². The predicted octanol–water partition coefficient (Wildman–Crippen LogP) is 3.88. The van der Waals surface area contributed by atoms with Gasteiger partial charge in [-0.05, 0) is 84.0 Å². The lowest BCUT2D eigenvalue weighted by Crippen LogP contribution is -2.52. The molecule has 0 radical (unpaired) electrons. The van der Waals surface area contributed by atoms with Crippen molar-refractivity contribution in [1.29, 1.82) is 0 Å². The largest absolute Gasteiger partial charge is 0.444 e. The van der Waals surface area contributed by atoms with Crippen LogP contribution >= 0.6 is 0 Å². The standard InChI is InChI=1S/C24H44N4O3/c1-6-25-21(26-18-24(11-12-24)13-16-30-5)27-14-9-20(10-15-27)28(17-19-7-8-19)22(29)31-23(2,3)4/h19-20H,6-18H2,1-5H3,(H,25,26). The van der Waals surface area contributed by atoms with Gasteiger partial charge in [-0.2, -0.15) is 0 Å². The summed E-state index contributed by atoms with van der Waals surface area (Å²) in [7, 11) is 1.78. The number of piperidine rings is 1. The Morgan fingerprint density at radius 2 is 1.87 bits per heavy atom. The number of methoxy groups -OCH3 is 1. The van der Waals surface area contributed by atoms with Gasteiger partial charge in [0.2, 0.25) is 0 Å². The Kier molecular flexibility index (Phi) is 8.11. The first-order valence-electron chi connectivity index (χ1n) is 12.3. The average Bonchev–Trinajstić information content (AvgIpc) is 3.64. The summed E-state index contributed by atoms with van der Waals surface area (Å²) in [5.74, 6) is 1.68. The number of guanidine groups is 1. The van der Waals surface area contributed by atoms with Gasteiger partial charge in [-0.25, -0.2) is 4.79 Å².